The van der Waals surface area contributed by atoms with Crippen LogP contribution < -0.4 is 10.2 Å². The van der Waals surface area contributed by atoms with Crippen LogP contribution in [0.15, 0.2) is 43.0 Å². The van der Waals surface area contributed by atoms with Gasteiger partial charge in [0.25, 0.3) is 0 Å². The molecular formula is C14H16N4. The molecule has 1 N–H and O–H groups in total. The lowest BCUT2D eigenvalue weighted by atomic mass is 10.1. The van der Waals surface area contributed by atoms with Gasteiger partial charge >= 0.3 is 0 Å². The Kier molecular flexibility index (Phi) is 3.19. The van der Waals surface area contributed by atoms with Crippen LogP contribution in [0.3, 0.4) is 0 Å². The van der Waals surface area contributed by atoms with Gasteiger partial charge in [0.2, 0.25) is 0 Å². The third-order valence-corrected chi connectivity index (χ3v) is 3.22. The van der Waals surface area contributed by atoms with Gasteiger partial charge in [-0.05, 0) is 17.7 Å². The van der Waals surface area contributed by atoms with E-state index >= 15 is 0 Å². The molecule has 2 aromatic rings. The lowest BCUT2D eigenvalue weighted by Crippen LogP contribution is -2.43. The molecule has 18 heavy (non-hydrogen) atoms. The smallest absolute Gasteiger partial charge is 0.115 e. The van der Waals surface area contributed by atoms with Crippen LogP contribution in [0, 0.1) is 0 Å². The van der Waals surface area contributed by atoms with Crippen molar-refractivity contribution in [2.24, 2.45) is 0 Å². The molecule has 1 aliphatic rings. The number of nitrogens with zero attached hydrogens (tertiary/aromatic N) is 3. The summed E-state index contributed by atoms with van der Waals surface area (Å²) in [6.07, 6.45) is 5.26. The zero-order valence-electron chi connectivity index (χ0n) is 10.2. The number of aromatic nitrogens is 2. The van der Waals surface area contributed by atoms with Crippen LogP contribution in [0.4, 0.5) is 5.69 Å². The van der Waals surface area contributed by atoms with Crippen molar-refractivity contribution in [2.45, 2.75) is 0 Å². The number of hydrogen-bond acceptors (Lipinski definition) is 4. The number of hydrogen-bond donors (Lipinski definition) is 1. The Hall–Kier alpha value is -1.94. The zero-order valence-corrected chi connectivity index (χ0v) is 10.2. The summed E-state index contributed by atoms with van der Waals surface area (Å²) in [7, 11) is 0. The molecule has 1 saturated heterocycles. The van der Waals surface area contributed by atoms with Gasteiger partial charge in [0.15, 0.2) is 0 Å². The highest BCUT2D eigenvalue weighted by atomic mass is 15.2. The van der Waals surface area contributed by atoms with Gasteiger partial charge in [-0.3, -0.25) is 0 Å². The highest BCUT2D eigenvalue weighted by Crippen LogP contribution is 2.23. The van der Waals surface area contributed by atoms with Crippen molar-refractivity contribution < 1.29 is 0 Å². The molecule has 92 valence electrons. The van der Waals surface area contributed by atoms with E-state index in [1.165, 1.54) is 11.3 Å². The molecule has 0 spiro atoms. The topological polar surface area (TPSA) is 41.1 Å². The van der Waals surface area contributed by atoms with E-state index in [-0.39, 0.29) is 0 Å². The molecule has 4 nitrogen and oxygen atoms in total. The van der Waals surface area contributed by atoms with Crippen molar-refractivity contribution in [3.8, 4) is 11.1 Å². The lowest BCUT2D eigenvalue weighted by molar-refractivity contribution is 0.589. The van der Waals surface area contributed by atoms with E-state index in [1.807, 2.05) is 12.4 Å². The Labute approximate surface area is 107 Å². The van der Waals surface area contributed by atoms with Crippen molar-refractivity contribution in [3.63, 3.8) is 0 Å². The van der Waals surface area contributed by atoms with Gasteiger partial charge in [0, 0.05) is 49.8 Å². The molecule has 2 heterocycles. The Bertz CT molecular complexity index is 506. The maximum absolute atomic E-state index is 4.07. The summed E-state index contributed by atoms with van der Waals surface area (Å²) in [4.78, 5) is 10.5. The van der Waals surface area contributed by atoms with Gasteiger partial charge < -0.3 is 10.2 Å². The van der Waals surface area contributed by atoms with E-state index in [0.717, 1.165) is 31.7 Å². The molecule has 1 aliphatic heterocycles. The van der Waals surface area contributed by atoms with E-state index in [4.69, 9.17) is 0 Å². The Morgan fingerprint density at radius 1 is 1.00 bits per heavy atom. The molecule has 0 amide bonds. The minimum absolute atomic E-state index is 1.05. The molecule has 3 rings (SSSR count). The molecule has 0 unspecified atom stereocenters. The average molecular weight is 240 g/mol. The number of piperazine rings is 1. The maximum Gasteiger partial charge on any atom is 0.115 e. The highest BCUT2D eigenvalue weighted by Gasteiger charge is 2.10. The van der Waals surface area contributed by atoms with E-state index < -0.39 is 0 Å². The minimum Gasteiger partial charge on any atom is -0.369 e. The molecule has 0 radical (unpaired) electrons. The Morgan fingerprint density at radius 2 is 1.78 bits per heavy atom. The molecular weight excluding hydrogens is 224 g/mol. The summed E-state index contributed by atoms with van der Waals surface area (Å²) in [6, 6.07) is 8.58. The van der Waals surface area contributed by atoms with Gasteiger partial charge in [-0.2, -0.15) is 0 Å². The van der Waals surface area contributed by atoms with E-state index in [0.29, 0.717) is 0 Å². The fourth-order valence-electron chi connectivity index (χ4n) is 2.25. The first kappa shape index (κ1) is 11.2. The predicted octanol–water partition coefficient (Wildman–Crippen LogP) is 1.55. The van der Waals surface area contributed by atoms with Crippen molar-refractivity contribution in [1.82, 2.24) is 15.3 Å². The van der Waals surface area contributed by atoms with Crippen LogP contribution in [0.1, 0.15) is 0 Å². The molecule has 0 atom stereocenters. The second-order valence-corrected chi connectivity index (χ2v) is 4.41. The van der Waals surface area contributed by atoms with Crippen molar-refractivity contribution >= 4 is 5.69 Å². The van der Waals surface area contributed by atoms with Crippen LogP contribution in [0.2, 0.25) is 0 Å². The highest BCUT2D eigenvalue weighted by molar-refractivity contribution is 5.67. The van der Waals surface area contributed by atoms with Crippen LogP contribution in [-0.4, -0.2) is 36.1 Å². The van der Waals surface area contributed by atoms with Crippen molar-refractivity contribution in [3.05, 3.63) is 43.0 Å². The zero-order chi connectivity index (χ0) is 12.2. The summed E-state index contributed by atoms with van der Waals surface area (Å²) in [6.45, 7) is 4.24. The van der Waals surface area contributed by atoms with E-state index in [9.17, 15) is 0 Å². The molecule has 0 aliphatic carbocycles. The van der Waals surface area contributed by atoms with Gasteiger partial charge in [-0.15, -0.1) is 0 Å². The second-order valence-electron chi connectivity index (χ2n) is 4.41. The quantitative estimate of drug-likeness (QED) is 0.864. The molecule has 1 aromatic carbocycles. The first-order valence-corrected chi connectivity index (χ1v) is 6.24. The minimum atomic E-state index is 1.05. The summed E-state index contributed by atoms with van der Waals surface area (Å²) in [5.41, 5.74) is 3.51. The van der Waals surface area contributed by atoms with Gasteiger partial charge in [0.05, 0.1) is 0 Å². The fraction of sp³-hybridized carbons (Fsp3) is 0.286. The Balaban J connectivity index is 1.89. The summed E-state index contributed by atoms with van der Waals surface area (Å²) >= 11 is 0. The summed E-state index contributed by atoms with van der Waals surface area (Å²) < 4.78 is 0. The monoisotopic (exact) mass is 240 g/mol. The summed E-state index contributed by atoms with van der Waals surface area (Å²) in [5, 5.41) is 3.37. The van der Waals surface area contributed by atoms with Gasteiger partial charge in [0.1, 0.15) is 6.33 Å². The van der Waals surface area contributed by atoms with Crippen LogP contribution >= 0.6 is 0 Å². The molecule has 0 bridgehead atoms. The van der Waals surface area contributed by atoms with Crippen molar-refractivity contribution in [2.75, 3.05) is 31.1 Å². The maximum atomic E-state index is 4.07. The predicted molar refractivity (Wildman–Crippen MR) is 72.6 cm³/mol. The lowest BCUT2D eigenvalue weighted by Gasteiger charge is -2.29. The number of nitrogens with one attached hydrogen (secondary N) is 1. The first-order valence-electron chi connectivity index (χ1n) is 6.24. The van der Waals surface area contributed by atoms with E-state index in [2.05, 4.69) is 44.5 Å². The van der Waals surface area contributed by atoms with E-state index in [1.54, 1.807) is 6.33 Å². The third kappa shape index (κ3) is 2.33. The largest absolute Gasteiger partial charge is 0.369 e. The molecule has 0 saturated carbocycles. The van der Waals surface area contributed by atoms with Gasteiger partial charge in [-0.1, -0.05) is 12.1 Å². The SMILES string of the molecule is c1cc(-c2cncnc2)cc(N2CCNCC2)c1. The van der Waals surface area contributed by atoms with Crippen LogP contribution in [-0.2, 0) is 0 Å². The molecule has 1 fully saturated rings. The number of rotatable bonds is 2. The van der Waals surface area contributed by atoms with Gasteiger partial charge in [-0.25, -0.2) is 9.97 Å². The number of anilines is 1. The Morgan fingerprint density at radius 3 is 2.56 bits per heavy atom. The second kappa shape index (κ2) is 5.14. The third-order valence-electron chi connectivity index (χ3n) is 3.22. The summed E-state index contributed by atoms with van der Waals surface area (Å²) in [5.74, 6) is 0. The first-order chi connectivity index (χ1) is 8.93. The standard InChI is InChI=1S/C14H16N4/c1-2-12(13-9-16-11-17-10-13)8-14(3-1)18-6-4-15-5-7-18/h1-3,8-11,15H,4-7H2. The van der Waals surface area contributed by atoms with Crippen LogP contribution in [0.5, 0.6) is 0 Å². The number of benzene rings is 1. The molecule has 4 heteroatoms. The van der Waals surface area contributed by atoms with Crippen molar-refractivity contribution in [1.29, 1.82) is 0 Å². The van der Waals surface area contributed by atoms with Crippen LogP contribution in [0.25, 0.3) is 11.1 Å². The molecule has 1 aromatic heterocycles. The fourth-order valence-corrected chi connectivity index (χ4v) is 2.25. The normalized spacial score (nSPS) is 15.7. The average Bonchev–Trinajstić information content (AvgIpc) is 2.49.